The van der Waals surface area contributed by atoms with Crippen molar-refractivity contribution in [2.24, 2.45) is 11.7 Å². The Balaban J connectivity index is 0.00000220. The molecule has 1 aliphatic rings. The molecule has 2 N–H and O–H groups in total. The molecule has 1 aromatic carbocycles. The predicted octanol–water partition coefficient (Wildman–Crippen LogP) is 2.30. The van der Waals surface area contributed by atoms with E-state index < -0.39 is 15.8 Å². The maximum Gasteiger partial charge on any atom is 0.243 e. The molecule has 21 heavy (non-hydrogen) atoms. The van der Waals surface area contributed by atoms with E-state index in [4.69, 9.17) is 5.73 Å². The highest BCUT2D eigenvalue weighted by atomic mass is 35.5. The lowest BCUT2D eigenvalue weighted by Gasteiger charge is -2.38. The zero-order valence-electron chi connectivity index (χ0n) is 12.3. The summed E-state index contributed by atoms with van der Waals surface area (Å²) in [5.74, 6) is -0.319. The molecule has 4 nitrogen and oxygen atoms in total. The van der Waals surface area contributed by atoms with Crippen molar-refractivity contribution in [2.45, 2.75) is 37.6 Å². The van der Waals surface area contributed by atoms with Crippen LogP contribution in [-0.4, -0.2) is 31.9 Å². The van der Waals surface area contributed by atoms with Crippen molar-refractivity contribution in [1.82, 2.24) is 4.31 Å². The number of sulfonamides is 1. The molecule has 0 amide bonds. The number of piperidine rings is 1. The van der Waals surface area contributed by atoms with Gasteiger partial charge in [0, 0.05) is 19.1 Å². The summed E-state index contributed by atoms with van der Waals surface area (Å²) in [7, 11) is -3.70. The van der Waals surface area contributed by atoms with Crippen LogP contribution in [0, 0.1) is 18.7 Å². The number of hydrogen-bond acceptors (Lipinski definition) is 3. The number of hydrogen-bond donors (Lipinski definition) is 1. The average Bonchev–Trinajstić information content (AvgIpc) is 2.41. The van der Waals surface area contributed by atoms with Crippen LogP contribution in [0.1, 0.15) is 25.3 Å². The highest BCUT2D eigenvalue weighted by Crippen LogP contribution is 2.30. The van der Waals surface area contributed by atoms with E-state index in [1.165, 1.54) is 16.4 Å². The second-order valence-electron chi connectivity index (χ2n) is 5.45. The van der Waals surface area contributed by atoms with Gasteiger partial charge in [-0.1, -0.05) is 13.0 Å². The molecule has 0 aliphatic carbocycles. The number of nitrogens with zero attached hydrogens (tertiary/aromatic N) is 1. The highest BCUT2D eigenvalue weighted by molar-refractivity contribution is 7.89. The maximum absolute atomic E-state index is 13.4. The molecule has 0 saturated carbocycles. The van der Waals surface area contributed by atoms with Crippen molar-refractivity contribution in [1.29, 1.82) is 0 Å². The first-order valence-corrected chi connectivity index (χ1v) is 8.30. The molecule has 1 heterocycles. The van der Waals surface area contributed by atoms with Gasteiger partial charge in [-0.3, -0.25) is 0 Å². The summed E-state index contributed by atoms with van der Waals surface area (Å²) in [5, 5.41) is 0. The molecule has 2 atom stereocenters. The molecule has 0 bridgehead atoms. The lowest BCUT2D eigenvalue weighted by Crippen LogP contribution is -2.51. The van der Waals surface area contributed by atoms with E-state index >= 15 is 0 Å². The number of rotatable bonds is 3. The molecule has 1 aromatic rings. The summed E-state index contributed by atoms with van der Waals surface area (Å²) in [5.41, 5.74) is 6.30. The number of benzene rings is 1. The number of nitrogens with two attached hydrogens (primary N) is 1. The topological polar surface area (TPSA) is 63.4 Å². The second-order valence-corrected chi connectivity index (χ2v) is 7.31. The highest BCUT2D eigenvalue weighted by Gasteiger charge is 2.37. The Kier molecular flexibility index (Phi) is 6.16. The zero-order valence-corrected chi connectivity index (χ0v) is 13.9. The molecule has 120 valence electrons. The Labute approximate surface area is 132 Å². The molecular formula is C14H22ClFN2O2S. The molecule has 0 aromatic heterocycles. The first-order valence-electron chi connectivity index (χ1n) is 6.86. The van der Waals surface area contributed by atoms with Crippen LogP contribution in [0.15, 0.2) is 23.1 Å². The van der Waals surface area contributed by atoms with Gasteiger partial charge in [0.15, 0.2) is 0 Å². The van der Waals surface area contributed by atoms with E-state index in [-0.39, 0.29) is 35.8 Å². The second kappa shape index (κ2) is 7.05. The molecule has 2 unspecified atom stereocenters. The molecule has 0 radical (unpaired) electrons. The van der Waals surface area contributed by atoms with Crippen LogP contribution >= 0.6 is 12.4 Å². The van der Waals surface area contributed by atoms with Crippen LogP contribution in [0.5, 0.6) is 0 Å². The molecule has 2 rings (SSSR count). The van der Waals surface area contributed by atoms with E-state index in [9.17, 15) is 12.8 Å². The van der Waals surface area contributed by atoms with Crippen LogP contribution in [0.2, 0.25) is 0 Å². The standard InChI is InChI=1S/C14H21FN2O2S.ClH/c1-10-4-3-7-17(13(10)9-16)20(18,19)14-8-12(15)6-5-11(14)2;/h5-6,8,10,13H,3-4,7,9,16H2,1-2H3;1H. The summed E-state index contributed by atoms with van der Waals surface area (Å²) in [4.78, 5) is 0.0463. The number of halogens is 2. The zero-order chi connectivity index (χ0) is 14.9. The van der Waals surface area contributed by atoms with Crippen molar-refractivity contribution < 1.29 is 12.8 Å². The Hall–Kier alpha value is -0.690. The lowest BCUT2D eigenvalue weighted by molar-refractivity contribution is 0.192. The summed E-state index contributed by atoms with van der Waals surface area (Å²) in [6.45, 7) is 4.42. The van der Waals surface area contributed by atoms with Crippen molar-refractivity contribution >= 4 is 22.4 Å². The van der Waals surface area contributed by atoms with E-state index in [0.717, 1.165) is 18.9 Å². The summed E-state index contributed by atoms with van der Waals surface area (Å²) in [6.07, 6.45) is 1.78. The molecule has 7 heteroatoms. The van der Waals surface area contributed by atoms with Gasteiger partial charge in [0.2, 0.25) is 10.0 Å². The van der Waals surface area contributed by atoms with Crippen LogP contribution < -0.4 is 5.73 Å². The van der Waals surface area contributed by atoms with Gasteiger partial charge in [-0.05, 0) is 43.4 Å². The largest absolute Gasteiger partial charge is 0.329 e. The van der Waals surface area contributed by atoms with Gasteiger partial charge in [0.25, 0.3) is 0 Å². The van der Waals surface area contributed by atoms with Gasteiger partial charge in [-0.15, -0.1) is 12.4 Å². The van der Waals surface area contributed by atoms with Crippen molar-refractivity contribution in [3.8, 4) is 0 Å². The lowest BCUT2D eigenvalue weighted by atomic mass is 9.93. The van der Waals surface area contributed by atoms with Crippen LogP contribution in [0.25, 0.3) is 0 Å². The third-order valence-electron chi connectivity index (χ3n) is 4.04. The van der Waals surface area contributed by atoms with Gasteiger partial charge < -0.3 is 5.73 Å². The Morgan fingerprint density at radius 2 is 2.10 bits per heavy atom. The smallest absolute Gasteiger partial charge is 0.243 e. The molecule has 1 aliphatic heterocycles. The molecule has 1 fully saturated rings. The Bertz CT molecular complexity index is 595. The van der Waals surface area contributed by atoms with E-state index in [1.807, 2.05) is 6.92 Å². The third kappa shape index (κ3) is 3.56. The minimum Gasteiger partial charge on any atom is -0.329 e. The van der Waals surface area contributed by atoms with Gasteiger partial charge in [0.1, 0.15) is 5.82 Å². The number of aryl methyl sites for hydroxylation is 1. The third-order valence-corrected chi connectivity index (χ3v) is 6.11. The van der Waals surface area contributed by atoms with E-state index in [2.05, 4.69) is 0 Å². The fourth-order valence-electron chi connectivity index (χ4n) is 2.84. The normalized spacial score (nSPS) is 23.6. The fourth-order valence-corrected chi connectivity index (χ4v) is 4.85. The fraction of sp³-hybridized carbons (Fsp3) is 0.571. The Morgan fingerprint density at radius 1 is 1.43 bits per heavy atom. The summed E-state index contributed by atoms with van der Waals surface area (Å²) >= 11 is 0. The van der Waals surface area contributed by atoms with Crippen molar-refractivity contribution in [3.05, 3.63) is 29.6 Å². The van der Waals surface area contributed by atoms with Crippen LogP contribution in [-0.2, 0) is 10.0 Å². The maximum atomic E-state index is 13.4. The van der Waals surface area contributed by atoms with Gasteiger partial charge in [-0.25, -0.2) is 12.8 Å². The first kappa shape index (κ1) is 18.4. The van der Waals surface area contributed by atoms with Crippen LogP contribution in [0.3, 0.4) is 0 Å². The van der Waals surface area contributed by atoms with Crippen LogP contribution in [0.4, 0.5) is 4.39 Å². The summed E-state index contributed by atoms with van der Waals surface area (Å²) in [6, 6.07) is 3.65. The SMILES string of the molecule is Cc1ccc(F)cc1S(=O)(=O)N1CCCC(C)C1CN.Cl. The van der Waals surface area contributed by atoms with Gasteiger partial charge in [0.05, 0.1) is 4.90 Å². The minimum atomic E-state index is -3.70. The average molecular weight is 337 g/mol. The van der Waals surface area contributed by atoms with Crippen molar-refractivity contribution in [2.75, 3.05) is 13.1 Å². The molecule has 0 spiro atoms. The van der Waals surface area contributed by atoms with Crippen molar-refractivity contribution in [3.63, 3.8) is 0 Å². The predicted molar refractivity (Wildman–Crippen MR) is 83.5 cm³/mol. The first-order chi connectivity index (χ1) is 9.37. The van der Waals surface area contributed by atoms with E-state index in [1.54, 1.807) is 6.92 Å². The quantitative estimate of drug-likeness (QED) is 0.921. The van der Waals surface area contributed by atoms with E-state index in [0.29, 0.717) is 12.1 Å². The van der Waals surface area contributed by atoms with Gasteiger partial charge >= 0.3 is 0 Å². The molecular weight excluding hydrogens is 315 g/mol. The van der Waals surface area contributed by atoms with Gasteiger partial charge in [-0.2, -0.15) is 4.31 Å². The minimum absolute atomic E-state index is 0. The molecule has 1 saturated heterocycles. The summed E-state index contributed by atoms with van der Waals surface area (Å²) < 4.78 is 40.4. The Morgan fingerprint density at radius 3 is 2.71 bits per heavy atom. The monoisotopic (exact) mass is 336 g/mol.